The minimum Gasteiger partial charge on any atom is -0.313 e. The molecule has 1 aromatic rings. The van der Waals surface area contributed by atoms with Gasteiger partial charge in [-0.25, -0.2) is 0 Å². The van der Waals surface area contributed by atoms with E-state index in [1.54, 1.807) is 0 Å². The van der Waals surface area contributed by atoms with Crippen LogP contribution in [0.15, 0.2) is 18.2 Å². The van der Waals surface area contributed by atoms with Crippen LogP contribution in [-0.2, 0) is 6.54 Å². The molecule has 0 aliphatic carbocycles. The highest BCUT2D eigenvalue weighted by molar-refractivity contribution is 5.29. The molecule has 1 heterocycles. The van der Waals surface area contributed by atoms with Crippen LogP contribution in [0.4, 0.5) is 0 Å². The molecule has 1 N–H and O–H groups in total. The minimum absolute atomic E-state index is 1.00. The van der Waals surface area contributed by atoms with Crippen LogP contribution in [0.3, 0.4) is 0 Å². The summed E-state index contributed by atoms with van der Waals surface area (Å²) in [4.78, 5) is 2.61. The summed E-state index contributed by atoms with van der Waals surface area (Å²) in [5, 5.41) is 3.56. The van der Waals surface area contributed by atoms with Crippen LogP contribution >= 0.6 is 0 Å². The molecule has 106 valence electrons. The molecule has 2 heteroatoms. The molecule has 0 bridgehead atoms. The molecule has 0 radical (unpaired) electrons. The zero-order chi connectivity index (χ0) is 13.5. The van der Waals surface area contributed by atoms with Crippen molar-refractivity contribution in [1.29, 1.82) is 0 Å². The number of nitrogens with zero attached hydrogens (tertiary/aromatic N) is 1. The number of piperidine rings is 1. The van der Waals surface area contributed by atoms with Gasteiger partial charge in [0.2, 0.25) is 0 Å². The van der Waals surface area contributed by atoms with Crippen molar-refractivity contribution < 1.29 is 0 Å². The fraction of sp³-hybridized carbons (Fsp3) is 0.647. The number of benzene rings is 1. The van der Waals surface area contributed by atoms with E-state index in [-0.39, 0.29) is 0 Å². The Kier molecular flexibility index (Phi) is 5.87. The predicted octanol–water partition coefficient (Wildman–Crippen LogP) is 3.27. The van der Waals surface area contributed by atoms with E-state index < -0.39 is 0 Å². The lowest BCUT2D eigenvalue weighted by molar-refractivity contribution is 0.225. The first-order valence-electron chi connectivity index (χ1n) is 7.75. The van der Waals surface area contributed by atoms with Crippen LogP contribution in [0, 0.1) is 13.8 Å². The van der Waals surface area contributed by atoms with Gasteiger partial charge in [0.05, 0.1) is 0 Å². The SMILES string of the molecule is Cc1ccc(CNCCCN2CCCCC2)cc1C. The molecule has 1 fully saturated rings. The average Bonchev–Trinajstić information content (AvgIpc) is 2.43. The minimum atomic E-state index is 1.00. The second kappa shape index (κ2) is 7.66. The van der Waals surface area contributed by atoms with Gasteiger partial charge >= 0.3 is 0 Å². The molecule has 0 saturated carbocycles. The summed E-state index contributed by atoms with van der Waals surface area (Å²) >= 11 is 0. The van der Waals surface area contributed by atoms with Crippen LogP contribution in [0.2, 0.25) is 0 Å². The van der Waals surface area contributed by atoms with E-state index in [0.29, 0.717) is 0 Å². The lowest BCUT2D eigenvalue weighted by Gasteiger charge is -2.26. The van der Waals surface area contributed by atoms with Gasteiger partial charge in [-0.15, -0.1) is 0 Å². The van der Waals surface area contributed by atoms with Gasteiger partial charge in [-0.05, 0) is 76.0 Å². The van der Waals surface area contributed by atoms with Crippen LogP contribution in [0.1, 0.15) is 42.4 Å². The third-order valence-corrected chi connectivity index (χ3v) is 4.18. The van der Waals surface area contributed by atoms with E-state index in [1.165, 1.54) is 62.0 Å². The maximum absolute atomic E-state index is 3.56. The molecule has 1 saturated heterocycles. The lowest BCUT2D eigenvalue weighted by atomic mass is 10.1. The standard InChI is InChI=1S/C17H28N2/c1-15-7-8-17(13-16(15)2)14-18-9-6-12-19-10-4-3-5-11-19/h7-8,13,18H,3-6,9-12,14H2,1-2H3. The van der Waals surface area contributed by atoms with Crippen molar-refractivity contribution in [3.05, 3.63) is 34.9 Å². The van der Waals surface area contributed by atoms with E-state index in [0.717, 1.165) is 13.1 Å². The number of hydrogen-bond acceptors (Lipinski definition) is 2. The Hall–Kier alpha value is -0.860. The van der Waals surface area contributed by atoms with Crippen molar-refractivity contribution in [1.82, 2.24) is 10.2 Å². The summed E-state index contributed by atoms with van der Waals surface area (Å²) < 4.78 is 0. The predicted molar refractivity (Wildman–Crippen MR) is 82.5 cm³/mol. The fourth-order valence-corrected chi connectivity index (χ4v) is 2.76. The molecule has 2 rings (SSSR count). The smallest absolute Gasteiger partial charge is 0.0205 e. The van der Waals surface area contributed by atoms with Gasteiger partial charge in [-0.1, -0.05) is 24.6 Å². The normalized spacial score (nSPS) is 16.7. The van der Waals surface area contributed by atoms with Crippen LogP contribution in [0.25, 0.3) is 0 Å². The molecule has 0 spiro atoms. The Balaban J connectivity index is 1.59. The summed E-state index contributed by atoms with van der Waals surface area (Å²) in [6, 6.07) is 6.76. The van der Waals surface area contributed by atoms with Gasteiger partial charge < -0.3 is 10.2 Å². The van der Waals surface area contributed by atoms with Crippen molar-refractivity contribution >= 4 is 0 Å². The van der Waals surface area contributed by atoms with E-state index in [4.69, 9.17) is 0 Å². The number of aryl methyl sites for hydroxylation is 2. The second-order valence-corrected chi connectivity index (χ2v) is 5.85. The molecule has 1 aromatic carbocycles. The zero-order valence-electron chi connectivity index (χ0n) is 12.5. The Labute approximate surface area is 118 Å². The lowest BCUT2D eigenvalue weighted by Crippen LogP contribution is -2.32. The van der Waals surface area contributed by atoms with Gasteiger partial charge in [0.15, 0.2) is 0 Å². The summed E-state index contributed by atoms with van der Waals surface area (Å²) in [5.74, 6) is 0. The Morgan fingerprint density at radius 1 is 1.05 bits per heavy atom. The van der Waals surface area contributed by atoms with Crippen molar-refractivity contribution in [3.63, 3.8) is 0 Å². The van der Waals surface area contributed by atoms with Gasteiger partial charge in [0.25, 0.3) is 0 Å². The maximum atomic E-state index is 3.56. The highest BCUT2D eigenvalue weighted by atomic mass is 15.1. The molecular formula is C17H28N2. The molecule has 0 amide bonds. The van der Waals surface area contributed by atoms with Crippen LogP contribution < -0.4 is 5.32 Å². The highest BCUT2D eigenvalue weighted by Gasteiger charge is 2.08. The summed E-state index contributed by atoms with van der Waals surface area (Å²) in [6.45, 7) is 10.4. The van der Waals surface area contributed by atoms with Gasteiger partial charge in [-0.2, -0.15) is 0 Å². The fourth-order valence-electron chi connectivity index (χ4n) is 2.76. The molecule has 0 aromatic heterocycles. The van der Waals surface area contributed by atoms with E-state index in [9.17, 15) is 0 Å². The third-order valence-electron chi connectivity index (χ3n) is 4.18. The molecule has 19 heavy (non-hydrogen) atoms. The molecule has 2 nitrogen and oxygen atoms in total. The Morgan fingerprint density at radius 3 is 2.58 bits per heavy atom. The molecule has 1 aliphatic rings. The number of nitrogens with one attached hydrogen (secondary N) is 1. The van der Waals surface area contributed by atoms with Gasteiger partial charge in [-0.3, -0.25) is 0 Å². The second-order valence-electron chi connectivity index (χ2n) is 5.85. The van der Waals surface area contributed by atoms with Crippen molar-refractivity contribution in [3.8, 4) is 0 Å². The Morgan fingerprint density at radius 2 is 1.84 bits per heavy atom. The maximum Gasteiger partial charge on any atom is 0.0205 e. The van der Waals surface area contributed by atoms with E-state index in [1.807, 2.05) is 0 Å². The largest absolute Gasteiger partial charge is 0.313 e. The monoisotopic (exact) mass is 260 g/mol. The van der Waals surface area contributed by atoms with Crippen molar-refractivity contribution in [2.75, 3.05) is 26.2 Å². The quantitative estimate of drug-likeness (QED) is 0.790. The van der Waals surface area contributed by atoms with Crippen molar-refractivity contribution in [2.24, 2.45) is 0 Å². The van der Waals surface area contributed by atoms with E-state index >= 15 is 0 Å². The first kappa shape index (κ1) is 14.5. The highest BCUT2D eigenvalue weighted by Crippen LogP contribution is 2.10. The summed E-state index contributed by atoms with van der Waals surface area (Å²) in [5.41, 5.74) is 4.18. The number of rotatable bonds is 6. The van der Waals surface area contributed by atoms with Crippen LogP contribution in [-0.4, -0.2) is 31.1 Å². The van der Waals surface area contributed by atoms with Crippen molar-refractivity contribution in [2.45, 2.75) is 46.1 Å². The molecule has 1 aliphatic heterocycles. The topological polar surface area (TPSA) is 15.3 Å². The Bertz CT molecular complexity index is 381. The van der Waals surface area contributed by atoms with Crippen LogP contribution in [0.5, 0.6) is 0 Å². The van der Waals surface area contributed by atoms with Gasteiger partial charge in [0, 0.05) is 6.54 Å². The average molecular weight is 260 g/mol. The summed E-state index contributed by atoms with van der Waals surface area (Å²) in [6.07, 6.45) is 5.50. The molecule has 0 atom stereocenters. The first-order valence-corrected chi connectivity index (χ1v) is 7.75. The zero-order valence-corrected chi connectivity index (χ0v) is 12.5. The molecular weight excluding hydrogens is 232 g/mol. The number of likely N-dealkylation sites (tertiary alicyclic amines) is 1. The molecule has 0 unspecified atom stereocenters. The number of hydrogen-bond donors (Lipinski definition) is 1. The third kappa shape index (κ3) is 4.96. The first-order chi connectivity index (χ1) is 9.25. The van der Waals surface area contributed by atoms with E-state index in [2.05, 4.69) is 42.3 Å². The van der Waals surface area contributed by atoms with Gasteiger partial charge in [0.1, 0.15) is 0 Å². The summed E-state index contributed by atoms with van der Waals surface area (Å²) in [7, 11) is 0.